The molecule has 0 radical (unpaired) electrons. The highest BCUT2D eigenvalue weighted by atomic mass is 16.5. The fraction of sp³-hybridized carbons (Fsp3) is 0.500. The lowest BCUT2D eigenvalue weighted by atomic mass is 10.3. The number of carbonyl (C=O) groups is 4. The molecule has 0 aliphatic heterocycles. The number of esters is 4. The summed E-state index contributed by atoms with van der Waals surface area (Å²) in [7, 11) is 5.48. The SMILES string of the molecule is C/C=C(\C)C(=O)OC.C/C=C(\C)C(=O)OC.C/C=C(\C)C(=O)OC.C/C=C(\C)C(=O)OC. The summed E-state index contributed by atoms with van der Waals surface area (Å²) in [6, 6.07) is 0. The molecule has 0 aliphatic rings. The van der Waals surface area contributed by atoms with E-state index >= 15 is 0 Å². The number of rotatable bonds is 4. The lowest BCUT2D eigenvalue weighted by molar-refractivity contribution is -0.136. The predicted molar refractivity (Wildman–Crippen MR) is 126 cm³/mol. The summed E-state index contributed by atoms with van der Waals surface area (Å²) in [5, 5.41) is 0. The van der Waals surface area contributed by atoms with E-state index in [1.165, 1.54) is 28.4 Å². The van der Waals surface area contributed by atoms with E-state index in [9.17, 15) is 19.2 Å². The minimum atomic E-state index is -0.257. The van der Waals surface area contributed by atoms with Gasteiger partial charge in [0.25, 0.3) is 0 Å². The van der Waals surface area contributed by atoms with Crippen molar-refractivity contribution >= 4 is 23.9 Å². The average molecular weight is 457 g/mol. The maximum Gasteiger partial charge on any atom is 0.333 e. The molecule has 0 aromatic carbocycles. The normalized spacial score (nSPS) is 11.1. The monoisotopic (exact) mass is 456 g/mol. The van der Waals surface area contributed by atoms with Crippen molar-refractivity contribution in [2.75, 3.05) is 28.4 Å². The maximum atomic E-state index is 10.5. The molecule has 0 unspecified atom stereocenters. The summed E-state index contributed by atoms with van der Waals surface area (Å²) in [5.41, 5.74) is 2.58. The van der Waals surface area contributed by atoms with Crippen LogP contribution in [0.1, 0.15) is 55.4 Å². The number of methoxy groups -OCH3 is 4. The summed E-state index contributed by atoms with van der Waals surface area (Å²) in [6.45, 7) is 14.0. The van der Waals surface area contributed by atoms with E-state index in [1.54, 1.807) is 79.7 Å². The van der Waals surface area contributed by atoms with E-state index in [0.29, 0.717) is 22.3 Å². The molecule has 8 heteroatoms. The predicted octanol–water partition coefficient (Wildman–Crippen LogP) is 4.50. The van der Waals surface area contributed by atoms with Crippen LogP contribution >= 0.6 is 0 Å². The van der Waals surface area contributed by atoms with Crippen LogP contribution in [0.15, 0.2) is 46.6 Å². The Morgan fingerprint density at radius 3 is 0.562 bits per heavy atom. The summed E-state index contributed by atoms with van der Waals surface area (Å²) < 4.78 is 17.6. The molecule has 0 aromatic heterocycles. The first-order chi connectivity index (χ1) is 14.9. The number of hydrogen-bond acceptors (Lipinski definition) is 8. The lowest BCUT2D eigenvalue weighted by Crippen LogP contribution is -2.00. The zero-order valence-electron chi connectivity index (χ0n) is 21.6. The van der Waals surface area contributed by atoms with Crippen LogP contribution in [0, 0.1) is 0 Å². The van der Waals surface area contributed by atoms with Gasteiger partial charge in [0.2, 0.25) is 0 Å². The van der Waals surface area contributed by atoms with Gasteiger partial charge in [0.1, 0.15) is 0 Å². The van der Waals surface area contributed by atoms with E-state index in [0.717, 1.165) is 0 Å². The van der Waals surface area contributed by atoms with Gasteiger partial charge in [0.15, 0.2) is 0 Å². The standard InChI is InChI=1S/4C6H10O2/c4*1-4-5(2)6(7)8-3/h4*4H,1-3H3/b4*5-4+. The number of ether oxygens (including phenoxy) is 4. The Balaban J connectivity index is -0.000000163. The van der Waals surface area contributed by atoms with Crippen LogP contribution in [0.5, 0.6) is 0 Å². The van der Waals surface area contributed by atoms with Crippen molar-refractivity contribution in [1.82, 2.24) is 0 Å². The molecule has 0 atom stereocenters. The van der Waals surface area contributed by atoms with E-state index < -0.39 is 0 Å². The van der Waals surface area contributed by atoms with Gasteiger partial charge in [0.05, 0.1) is 28.4 Å². The highest BCUT2D eigenvalue weighted by Gasteiger charge is 1.99. The van der Waals surface area contributed by atoms with Gasteiger partial charge in [-0.25, -0.2) is 19.2 Å². The van der Waals surface area contributed by atoms with Gasteiger partial charge in [-0.3, -0.25) is 0 Å². The van der Waals surface area contributed by atoms with Crippen molar-refractivity contribution in [3.05, 3.63) is 46.6 Å². The van der Waals surface area contributed by atoms with Gasteiger partial charge in [-0.1, -0.05) is 24.3 Å². The molecule has 0 saturated heterocycles. The molecule has 0 aliphatic carbocycles. The molecule has 0 N–H and O–H groups in total. The fourth-order valence-corrected chi connectivity index (χ4v) is 1.12. The molecule has 0 amide bonds. The van der Waals surface area contributed by atoms with Crippen LogP contribution in [0.25, 0.3) is 0 Å². The zero-order valence-corrected chi connectivity index (χ0v) is 21.6. The van der Waals surface area contributed by atoms with Crippen molar-refractivity contribution in [3.8, 4) is 0 Å². The highest BCUT2D eigenvalue weighted by molar-refractivity contribution is 5.88. The van der Waals surface area contributed by atoms with E-state index in [1.807, 2.05) is 0 Å². The molecule has 8 nitrogen and oxygen atoms in total. The smallest absolute Gasteiger partial charge is 0.333 e. The largest absolute Gasteiger partial charge is 0.466 e. The van der Waals surface area contributed by atoms with Crippen LogP contribution in [0.3, 0.4) is 0 Å². The maximum absolute atomic E-state index is 10.5. The number of hydrogen-bond donors (Lipinski definition) is 0. The third kappa shape index (κ3) is 21.5. The molecule has 0 spiro atoms. The molecule has 0 bridgehead atoms. The topological polar surface area (TPSA) is 105 Å². The van der Waals surface area contributed by atoms with Crippen molar-refractivity contribution in [2.45, 2.75) is 55.4 Å². The molecule has 0 fully saturated rings. The summed E-state index contributed by atoms with van der Waals surface area (Å²) in [4.78, 5) is 41.8. The van der Waals surface area contributed by atoms with Gasteiger partial charge < -0.3 is 18.9 Å². The van der Waals surface area contributed by atoms with Gasteiger partial charge >= 0.3 is 23.9 Å². The first-order valence-corrected chi connectivity index (χ1v) is 9.73. The van der Waals surface area contributed by atoms with Crippen LogP contribution in [0.4, 0.5) is 0 Å². The molecule has 0 aromatic rings. The molecular weight excluding hydrogens is 416 g/mol. The van der Waals surface area contributed by atoms with Gasteiger partial charge in [0, 0.05) is 22.3 Å². The molecule has 0 heterocycles. The van der Waals surface area contributed by atoms with Crippen LogP contribution in [-0.2, 0) is 38.1 Å². The number of carbonyl (C=O) groups excluding carboxylic acids is 4. The summed E-state index contributed by atoms with van der Waals surface area (Å²) in [5.74, 6) is -1.03. The second-order valence-corrected chi connectivity index (χ2v) is 5.85. The molecule has 0 saturated carbocycles. The van der Waals surface area contributed by atoms with Crippen molar-refractivity contribution in [3.63, 3.8) is 0 Å². The Morgan fingerprint density at radius 1 is 0.406 bits per heavy atom. The molecular formula is C24H40O8. The minimum Gasteiger partial charge on any atom is -0.466 e. The zero-order chi connectivity index (χ0) is 26.3. The van der Waals surface area contributed by atoms with Crippen LogP contribution < -0.4 is 0 Å². The Hall–Kier alpha value is -3.16. The van der Waals surface area contributed by atoms with Gasteiger partial charge in [-0.2, -0.15) is 0 Å². The van der Waals surface area contributed by atoms with Gasteiger partial charge in [-0.05, 0) is 55.4 Å². The average Bonchev–Trinajstić information content (AvgIpc) is 2.85. The molecule has 32 heavy (non-hydrogen) atoms. The Labute approximate surface area is 192 Å². The Bertz CT molecular complexity index is 575. The highest BCUT2D eigenvalue weighted by Crippen LogP contribution is 1.94. The van der Waals surface area contributed by atoms with Crippen molar-refractivity contribution in [1.29, 1.82) is 0 Å². The quantitative estimate of drug-likeness (QED) is 0.346. The fourth-order valence-electron chi connectivity index (χ4n) is 1.12. The van der Waals surface area contributed by atoms with Gasteiger partial charge in [-0.15, -0.1) is 0 Å². The molecule has 184 valence electrons. The van der Waals surface area contributed by atoms with E-state index in [4.69, 9.17) is 0 Å². The number of allylic oxidation sites excluding steroid dienone is 4. The Kier molecular flexibility index (Phi) is 27.3. The summed E-state index contributed by atoms with van der Waals surface area (Å²) >= 11 is 0. The second kappa shape index (κ2) is 24.1. The van der Waals surface area contributed by atoms with E-state index in [-0.39, 0.29) is 23.9 Å². The van der Waals surface area contributed by atoms with Crippen molar-refractivity contribution < 1.29 is 38.1 Å². The third-order valence-electron chi connectivity index (χ3n) is 3.76. The molecule has 0 rings (SSSR count). The van der Waals surface area contributed by atoms with Crippen molar-refractivity contribution in [2.24, 2.45) is 0 Å². The summed E-state index contributed by atoms with van der Waals surface area (Å²) in [6.07, 6.45) is 6.86. The van der Waals surface area contributed by atoms with E-state index in [2.05, 4.69) is 18.9 Å². The third-order valence-corrected chi connectivity index (χ3v) is 3.76. The second-order valence-electron chi connectivity index (χ2n) is 5.85. The lowest BCUT2D eigenvalue weighted by Gasteiger charge is -1.93. The first kappa shape index (κ1) is 36.2. The van der Waals surface area contributed by atoms with Crippen LogP contribution in [-0.4, -0.2) is 52.3 Å². The van der Waals surface area contributed by atoms with Crippen LogP contribution in [0.2, 0.25) is 0 Å². The Morgan fingerprint density at radius 2 is 0.531 bits per heavy atom. The minimum absolute atomic E-state index is 0.257. The first-order valence-electron chi connectivity index (χ1n) is 9.73.